The van der Waals surface area contributed by atoms with E-state index in [1.807, 2.05) is 0 Å². The molecule has 2 N–H and O–H groups in total. The number of morpholine rings is 1. The molecule has 0 aromatic heterocycles. The average molecular weight is 271 g/mol. The molecule has 15 heavy (non-hydrogen) atoms. The average Bonchev–Trinajstić information content (AvgIpc) is 2.29. The van der Waals surface area contributed by atoms with Crippen LogP contribution in [-0.4, -0.2) is 26.3 Å². The molecule has 1 saturated heterocycles. The third kappa shape index (κ3) is 2.71. The highest BCUT2D eigenvalue weighted by atomic mass is 79.9. The summed E-state index contributed by atoms with van der Waals surface area (Å²) in [6.07, 6.45) is 0. The molecule has 0 bridgehead atoms. The topological polar surface area (TPSA) is 38.5 Å². The van der Waals surface area contributed by atoms with Crippen molar-refractivity contribution in [3.8, 4) is 0 Å². The van der Waals surface area contributed by atoms with Gasteiger partial charge in [-0.15, -0.1) is 0 Å². The summed E-state index contributed by atoms with van der Waals surface area (Å²) in [6, 6.07) is 6.34. The second-order valence-corrected chi connectivity index (χ2v) is 4.54. The van der Waals surface area contributed by atoms with Crippen LogP contribution >= 0.6 is 15.9 Å². The molecule has 1 fully saturated rings. The molecule has 1 aliphatic heterocycles. The normalized spacial score (nSPS) is 16.8. The van der Waals surface area contributed by atoms with E-state index >= 15 is 0 Å². The first-order valence-electron chi connectivity index (χ1n) is 5.12. The molecular weight excluding hydrogens is 256 g/mol. The Balaban J connectivity index is 2.22. The van der Waals surface area contributed by atoms with Gasteiger partial charge in [-0.3, -0.25) is 0 Å². The Bertz CT molecular complexity index is 337. The van der Waals surface area contributed by atoms with E-state index in [1.54, 1.807) is 0 Å². The highest BCUT2D eigenvalue weighted by molar-refractivity contribution is 9.10. The zero-order valence-corrected chi connectivity index (χ0v) is 10.2. The lowest BCUT2D eigenvalue weighted by Crippen LogP contribution is -2.36. The van der Waals surface area contributed by atoms with Crippen LogP contribution in [0.4, 0.5) is 5.69 Å². The monoisotopic (exact) mass is 270 g/mol. The third-order valence-electron chi connectivity index (χ3n) is 2.55. The predicted molar refractivity (Wildman–Crippen MR) is 65.1 cm³/mol. The maximum atomic E-state index is 5.65. The smallest absolute Gasteiger partial charge is 0.0642 e. The number of benzene rings is 1. The van der Waals surface area contributed by atoms with Crippen molar-refractivity contribution in [3.63, 3.8) is 0 Å². The molecule has 4 heteroatoms. The molecular formula is C11H15BrN2O. The van der Waals surface area contributed by atoms with Gasteiger partial charge < -0.3 is 15.4 Å². The largest absolute Gasteiger partial charge is 0.378 e. The molecule has 0 radical (unpaired) electrons. The minimum atomic E-state index is 0.580. The summed E-state index contributed by atoms with van der Waals surface area (Å²) in [5.74, 6) is 0. The van der Waals surface area contributed by atoms with Gasteiger partial charge in [-0.05, 0) is 23.8 Å². The summed E-state index contributed by atoms with van der Waals surface area (Å²) < 4.78 is 6.42. The van der Waals surface area contributed by atoms with E-state index in [2.05, 4.69) is 39.0 Å². The number of hydrogen-bond donors (Lipinski definition) is 1. The lowest BCUT2D eigenvalue weighted by molar-refractivity contribution is 0.122. The molecule has 1 aliphatic rings. The van der Waals surface area contributed by atoms with E-state index in [4.69, 9.17) is 10.5 Å². The molecule has 1 heterocycles. The summed E-state index contributed by atoms with van der Waals surface area (Å²) in [5, 5.41) is 0. The molecule has 0 atom stereocenters. The Hall–Kier alpha value is -0.580. The number of halogens is 1. The SMILES string of the molecule is NCc1cc(Br)cc(N2CCOCC2)c1. The van der Waals surface area contributed by atoms with Crippen LogP contribution in [0.15, 0.2) is 22.7 Å². The van der Waals surface area contributed by atoms with Gasteiger partial charge in [0.05, 0.1) is 13.2 Å². The lowest BCUT2D eigenvalue weighted by atomic mass is 10.2. The van der Waals surface area contributed by atoms with Gasteiger partial charge in [0, 0.05) is 29.8 Å². The van der Waals surface area contributed by atoms with Crippen molar-refractivity contribution >= 4 is 21.6 Å². The van der Waals surface area contributed by atoms with Crippen molar-refractivity contribution in [1.82, 2.24) is 0 Å². The molecule has 1 aromatic rings. The molecule has 0 unspecified atom stereocenters. The predicted octanol–water partition coefficient (Wildman–Crippen LogP) is 1.74. The van der Waals surface area contributed by atoms with Crippen molar-refractivity contribution in [2.24, 2.45) is 5.73 Å². The quantitative estimate of drug-likeness (QED) is 0.890. The fourth-order valence-corrected chi connectivity index (χ4v) is 2.28. The number of nitrogens with zero attached hydrogens (tertiary/aromatic N) is 1. The van der Waals surface area contributed by atoms with Crippen molar-refractivity contribution in [1.29, 1.82) is 0 Å². The number of rotatable bonds is 2. The van der Waals surface area contributed by atoms with Gasteiger partial charge in [0.2, 0.25) is 0 Å². The maximum absolute atomic E-state index is 5.65. The Morgan fingerprint density at radius 1 is 1.27 bits per heavy atom. The van der Waals surface area contributed by atoms with Crippen LogP contribution in [0.2, 0.25) is 0 Å². The highest BCUT2D eigenvalue weighted by Crippen LogP contribution is 2.23. The van der Waals surface area contributed by atoms with E-state index in [-0.39, 0.29) is 0 Å². The van der Waals surface area contributed by atoms with Crippen molar-refractivity contribution in [2.45, 2.75) is 6.54 Å². The van der Waals surface area contributed by atoms with E-state index in [1.165, 1.54) is 5.69 Å². The minimum Gasteiger partial charge on any atom is -0.378 e. The molecule has 0 saturated carbocycles. The first-order chi connectivity index (χ1) is 7.29. The zero-order chi connectivity index (χ0) is 10.7. The van der Waals surface area contributed by atoms with Crippen LogP contribution in [-0.2, 0) is 11.3 Å². The molecule has 3 nitrogen and oxygen atoms in total. The van der Waals surface area contributed by atoms with Gasteiger partial charge in [0.15, 0.2) is 0 Å². The first-order valence-corrected chi connectivity index (χ1v) is 5.91. The molecule has 0 aliphatic carbocycles. The van der Waals surface area contributed by atoms with Crippen LogP contribution in [0.1, 0.15) is 5.56 Å². The summed E-state index contributed by atoms with van der Waals surface area (Å²) in [5.41, 5.74) is 8.04. The van der Waals surface area contributed by atoms with Crippen LogP contribution in [0.25, 0.3) is 0 Å². The van der Waals surface area contributed by atoms with Gasteiger partial charge in [-0.1, -0.05) is 15.9 Å². The van der Waals surface area contributed by atoms with Gasteiger partial charge >= 0.3 is 0 Å². The minimum absolute atomic E-state index is 0.580. The third-order valence-corrected chi connectivity index (χ3v) is 3.01. The fraction of sp³-hybridized carbons (Fsp3) is 0.455. The number of hydrogen-bond acceptors (Lipinski definition) is 3. The zero-order valence-electron chi connectivity index (χ0n) is 8.58. The maximum Gasteiger partial charge on any atom is 0.0642 e. The second-order valence-electron chi connectivity index (χ2n) is 3.62. The number of anilines is 1. The molecule has 1 aromatic carbocycles. The molecule has 0 spiro atoms. The van der Waals surface area contributed by atoms with Gasteiger partial charge in [0.25, 0.3) is 0 Å². The van der Waals surface area contributed by atoms with E-state index in [0.717, 1.165) is 36.3 Å². The van der Waals surface area contributed by atoms with Crippen molar-refractivity contribution < 1.29 is 4.74 Å². The summed E-state index contributed by atoms with van der Waals surface area (Å²) >= 11 is 3.51. The molecule has 2 rings (SSSR count). The van der Waals surface area contributed by atoms with Crippen LogP contribution in [0.5, 0.6) is 0 Å². The lowest BCUT2D eigenvalue weighted by Gasteiger charge is -2.29. The fourth-order valence-electron chi connectivity index (χ4n) is 1.76. The van der Waals surface area contributed by atoms with Crippen molar-refractivity contribution in [3.05, 3.63) is 28.2 Å². The first kappa shape index (κ1) is 10.9. The van der Waals surface area contributed by atoms with Crippen LogP contribution in [0.3, 0.4) is 0 Å². The van der Waals surface area contributed by atoms with E-state index < -0.39 is 0 Å². The van der Waals surface area contributed by atoms with Gasteiger partial charge in [-0.25, -0.2) is 0 Å². The van der Waals surface area contributed by atoms with Crippen LogP contribution < -0.4 is 10.6 Å². The second kappa shape index (κ2) is 4.96. The summed E-state index contributed by atoms with van der Waals surface area (Å²) in [6.45, 7) is 4.12. The standard InChI is InChI=1S/C11H15BrN2O/c12-10-5-9(8-13)6-11(7-10)14-1-3-15-4-2-14/h5-7H,1-4,8,13H2. The Labute approximate surface area is 98.3 Å². The number of nitrogens with two attached hydrogens (primary N) is 1. The van der Waals surface area contributed by atoms with Gasteiger partial charge in [0.1, 0.15) is 0 Å². The van der Waals surface area contributed by atoms with E-state index in [9.17, 15) is 0 Å². The number of ether oxygens (including phenoxy) is 1. The Morgan fingerprint density at radius 2 is 2.00 bits per heavy atom. The van der Waals surface area contributed by atoms with Gasteiger partial charge in [-0.2, -0.15) is 0 Å². The Kier molecular flexibility index (Phi) is 3.61. The Morgan fingerprint density at radius 3 is 2.67 bits per heavy atom. The molecule has 82 valence electrons. The summed E-state index contributed by atoms with van der Waals surface area (Å²) in [4.78, 5) is 2.33. The summed E-state index contributed by atoms with van der Waals surface area (Å²) in [7, 11) is 0. The van der Waals surface area contributed by atoms with E-state index in [0.29, 0.717) is 6.54 Å². The molecule has 0 amide bonds. The van der Waals surface area contributed by atoms with Crippen molar-refractivity contribution in [2.75, 3.05) is 31.2 Å². The van der Waals surface area contributed by atoms with Crippen LogP contribution in [0, 0.1) is 0 Å². The highest BCUT2D eigenvalue weighted by Gasteiger charge is 2.11.